The summed E-state index contributed by atoms with van der Waals surface area (Å²) in [5, 5.41) is 4.45. The van der Waals surface area contributed by atoms with Crippen molar-refractivity contribution in [2.45, 2.75) is 19.5 Å². The Kier molecular flexibility index (Phi) is 4.76. The van der Waals surface area contributed by atoms with Gasteiger partial charge in [-0.2, -0.15) is 5.10 Å². The van der Waals surface area contributed by atoms with Crippen molar-refractivity contribution in [1.29, 1.82) is 0 Å². The van der Waals surface area contributed by atoms with Crippen molar-refractivity contribution in [3.63, 3.8) is 0 Å². The Bertz CT molecular complexity index is 813. The normalized spacial score (nSPS) is 18.4. The van der Waals surface area contributed by atoms with Crippen molar-refractivity contribution < 1.29 is 0 Å². The van der Waals surface area contributed by atoms with Crippen LogP contribution in [0.15, 0.2) is 55.1 Å². The molecule has 0 unspecified atom stereocenters. The van der Waals surface area contributed by atoms with Crippen LogP contribution in [-0.4, -0.2) is 51.1 Å². The molecule has 0 N–H and O–H groups in total. The largest absolute Gasteiger partial charge is 0.302 e. The topological polar surface area (TPSA) is 36.7 Å². The minimum absolute atomic E-state index is 0.739. The standard InChI is InChI=1S/C20H25N5/c1-23(13-17-5-4-8-21-11-17)14-18-7-10-24(15-18)16-19-12-22-25-9-3-2-6-20(19)25/h2-6,8-9,11-12,18H,7,10,13-16H2,1H3/t18-/m1/s1. The van der Waals surface area contributed by atoms with E-state index in [-0.39, 0.29) is 0 Å². The molecule has 4 heterocycles. The number of aromatic nitrogens is 3. The molecular formula is C20H25N5. The molecule has 5 heteroatoms. The van der Waals surface area contributed by atoms with Crippen LogP contribution in [0.1, 0.15) is 17.5 Å². The summed E-state index contributed by atoms with van der Waals surface area (Å²) in [5.41, 5.74) is 3.83. The lowest BCUT2D eigenvalue weighted by Crippen LogP contribution is -2.28. The molecule has 0 spiro atoms. The van der Waals surface area contributed by atoms with Crippen molar-refractivity contribution in [1.82, 2.24) is 24.4 Å². The zero-order chi connectivity index (χ0) is 17.1. The smallest absolute Gasteiger partial charge is 0.0706 e. The minimum Gasteiger partial charge on any atom is -0.302 e. The molecule has 1 aliphatic heterocycles. The second-order valence-electron chi connectivity index (χ2n) is 7.15. The highest BCUT2D eigenvalue weighted by atomic mass is 15.2. The SMILES string of the molecule is CN(Cc1cccnc1)C[C@H]1CCN(Cc2cnn3ccccc23)C1. The van der Waals surface area contributed by atoms with E-state index in [2.05, 4.69) is 45.1 Å². The van der Waals surface area contributed by atoms with Gasteiger partial charge in [-0.05, 0) is 49.7 Å². The van der Waals surface area contributed by atoms with Gasteiger partial charge in [-0.3, -0.25) is 9.88 Å². The zero-order valence-corrected chi connectivity index (χ0v) is 14.8. The number of fused-ring (bicyclic) bond motifs is 1. The Balaban J connectivity index is 1.31. The fraction of sp³-hybridized carbons (Fsp3) is 0.400. The molecule has 130 valence electrons. The third kappa shape index (κ3) is 3.89. The summed E-state index contributed by atoms with van der Waals surface area (Å²) in [4.78, 5) is 9.18. The first kappa shape index (κ1) is 16.2. The number of nitrogens with zero attached hydrogens (tertiary/aromatic N) is 5. The Morgan fingerprint density at radius 3 is 3.04 bits per heavy atom. The van der Waals surface area contributed by atoms with E-state index in [0.717, 1.165) is 25.6 Å². The molecular weight excluding hydrogens is 310 g/mol. The summed E-state index contributed by atoms with van der Waals surface area (Å²) >= 11 is 0. The van der Waals surface area contributed by atoms with Gasteiger partial charge in [-0.15, -0.1) is 0 Å². The molecule has 0 aromatic carbocycles. The molecule has 0 amide bonds. The molecule has 0 radical (unpaired) electrons. The molecule has 25 heavy (non-hydrogen) atoms. The fourth-order valence-electron chi connectivity index (χ4n) is 3.86. The first-order chi connectivity index (χ1) is 12.3. The van der Waals surface area contributed by atoms with E-state index in [4.69, 9.17) is 0 Å². The van der Waals surface area contributed by atoms with Gasteiger partial charge in [-0.25, -0.2) is 4.52 Å². The molecule has 1 atom stereocenters. The lowest BCUT2D eigenvalue weighted by atomic mass is 10.1. The maximum Gasteiger partial charge on any atom is 0.0706 e. The lowest BCUT2D eigenvalue weighted by Gasteiger charge is -2.21. The first-order valence-corrected chi connectivity index (χ1v) is 8.99. The van der Waals surface area contributed by atoms with Crippen molar-refractivity contribution in [3.8, 4) is 0 Å². The van der Waals surface area contributed by atoms with Crippen LogP contribution in [0, 0.1) is 5.92 Å². The van der Waals surface area contributed by atoms with Gasteiger partial charge in [0.25, 0.3) is 0 Å². The number of pyridine rings is 2. The Morgan fingerprint density at radius 2 is 2.16 bits per heavy atom. The predicted molar refractivity (Wildman–Crippen MR) is 99.1 cm³/mol. The quantitative estimate of drug-likeness (QED) is 0.694. The van der Waals surface area contributed by atoms with Gasteiger partial charge < -0.3 is 4.90 Å². The zero-order valence-electron chi connectivity index (χ0n) is 14.8. The van der Waals surface area contributed by atoms with E-state index in [1.54, 1.807) is 0 Å². The average Bonchev–Trinajstić information content (AvgIpc) is 3.23. The van der Waals surface area contributed by atoms with Crippen molar-refractivity contribution in [2.75, 3.05) is 26.7 Å². The van der Waals surface area contributed by atoms with E-state index >= 15 is 0 Å². The highest BCUT2D eigenvalue weighted by Gasteiger charge is 2.24. The molecule has 5 nitrogen and oxygen atoms in total. The van der Waals surface area contributed by atoms with E-state index in [1.807, 2.05) is 41.4 Å². The van der Waals surface area contributed by atoms with Crippen LogP contribution in [0.5, 0.6) is 0 Å². The molecule has 3 aromatic rings. The van der Waals surface area contributed by atoms with Gasteiger partial charge in [0.1, 0.15) is 0 Å². The van der Waals surface area contributed by atoms with Gasteiger partial charge in [0.2, 0.25) is 0 Å². The molecule has 0 aliphatic carbocycles. The summed E-state index contributed by atoms with van der Waals surface area (Å²) in [6, 6.07) is 10.4. The summed E-state index contributed by atoms with van der Waals surface area (Å²) < 4.78 is 1.96. The Labute approximate surface area is 148 Å². The van der Waals surface area contributed by atoms with Crippen molar-refractivity contribution in [3.05, 3.63) is 66.2 Å². The second-order valence-corrected chi connectivity index (χ2v) is 7.15. The third-order valence-corrected chi connectivity index (χ3v) is 5.02. The van der Waals surface area contributed by atoms with E-state index in [0.29, 0.717) is 0 Å². The average molecular weight is 335 g/mol. The number of rotatable bonds is 6. The van der Waals surface area contributed by atoms with E-state index < -0.39 is 0 Å². The molecule has 0 bridgehead atoms. The summed E-state index contributed by atoms with van der Waals surface area (Å²) in [7, 11) is 2.21. The van der Waals surface area contributed by atoms with Crippen molar-refractivity contribution in [2.24, 2.45) is 5.92 Å². The lowest BCUT2D eigenvalue weighted by molar-refractivity contribution is 0.255. The van der Waals surface area contributed by atoms with E-state index in [9.17, 15) is 0 Å². The van der Waals surface area contributed by atoms with Crippen LogP contribution in [0.2, 0.25) is 0 Å². The Morgan fingerprint density at radius 1 is 1.20 bits per heavy atom. The molecule has 0 saturated carbocycles. The fourth-order valence-corrected chi connectivity index (χ4v) is 3.86. The maximum absolute atomic E-state index is 4.45. The highest BCUT2D eigenvalue weighted by molar-refractivity contribution is 5.53. The number of likely N-dealkylation sites (tertiary alicyclic amines) is 1. The van der Waals surface area contributed by atoms with E-state index in [1.165, 1.54) is 36.2 Å². The summed E-state index contributed by atoms with van der Waals surface area (Å²) in [5.74, 6) is 0.739. The Hall–Kier alpha value is -2.24. The minimum atomic E-state index is 0.739. The van der Waals surface area contributed by atoms with Crippen LogP contribution in [0.25, 0.3) is 5.52 Å². The van der Waals surface area contributed by atoms with Gasteiger partial charge in [0, 0.05) is 50.3 Å². The summed E-state index contributed by atoms with van der Waals surface area (Å²) in [6.45, 7) is 5.45. The predicted octanol–water partition coefficient (Wildman–Crippen LogP) is 2.68. The van der Waals surface area contributed by atoms with Gasteiger partial charge in [0.15, 0.2) is 0 Å². The summed E-state index contributed by atoms with van der Waals surface area (Å²) in [6.07, 6.45) is 9.09. The molecule has 1 fully saturated rings. The molecule has 4 rings (SSSR count). The van der Waals surface area contributed by atoms with Crippen molar-refractivity contribution >= 4 is 5.52 Å². The van der Waals surface area contributed by atoms with Crippen LogP contribution < -0.4 is 0 Å². The number of hydrogen-bond acceptors (Lipinski definition) is 4. The maximum atomic E-state index is 4.45. The van der Waals surface area contributed by atoms with Crippen LogP contribution in [-0.2, 0) is 13.1 Å². The molecule has 1 aliphatic rings. The van der Waals surface area contributed by atoms with Gasteiger partial charge in [0.05, 0.1) is 11.7 Å². The molecule has 3 aromatic heterocycles. The van der Waals surface area contributed by atoms with Crippen LogP contribution >= 0.6 is 0 Å². The van der Waals surface area contributed by atoms with Gasteiger partial charge >= 0.3 is 0 Å². The monoisotopic (exact) mass is 335 g/mol. The van der Waals surface area contributed by atoms with Crippen LogP contribution in [0.3, 0.4) is 0 Å². The molecule has 1 saturated heterocycles. The first-order valence-electron chi connectivity index (χ1n) is 8.99. The highest BCUT2D eigenvalue weighted by Crippen LogP contribution is 2.21. The number of hydrogen-bond donors (Lipinski definition) is 0. The third-order valence-electron chi connectivity index (χ3n) is 5.02. The van der Waals surface area contributed by atoms with Crippen LogP contribution in [0.4, 0.5) is 0 Å². The van der Waals surface area contributed by atoms with Gasteiger partial charge in [-0.1, -0.05) is 12.1 Å². The second kappa shape index (κ2) is 7.33.